The quantitative estimate of drug-likeness (QED) is 0.923. The van der Waals surface area contributed by atoms with Crippen molar-refractivity contribution in [3.8, 4) is 5.75 Å². The molecule has 0 amide bonds. The molecular formula is C16H18BrNO. The van der Waals surface area contributed by atoms with E-state index in [2.05, 4.69) is 41.9 Å². The zero-order chi connectivity index (χ0) is 14.0. The van der Waals surface area contributed by atoms with Crippen molar-refractivity contribution < 1.29 is 4.74 Å². The van der Waals surface area contributed by atoms with E-state index in [1.54, 1.807) is 7.11 Å². The van der Waals surface area contributed by atoms with E-state index in [0.29, 0.717) is 0 Å². The van der Waals surface area contributed by atoms with Crippen LogP contribution in [0.3, 0.4) is 0 Å². The maximum absolute atomic E-state index is 6.42. The molecule has 0 aromatic heterocycles. The zero-order valence-electron chi connectivity index (χ0n) is 11.4. The van der Waals surface area contributed by atoms with Gasteiger partial charge < -0.3 is 10.5 Å². The fourth-order valence-electron chi connectivity index (χ4n) is 2.22. The largest absolute Gasteiger partial charge is 0.496 e. The maximum atomic E-state index is 6.42. The summed E-state index contributed by atoms with van der Waals surface area (Å²) in [6.45, 7) is 4.21. The van der Waals surface area contributed by atoms with Crippen molar-refractivity contribution in [3.63, 3.8) is 0 Å². The average Bonchev–Trinajstić information content (AvgIpc) is 2.41. The van der Waals surface area contributed by atoms with Crippen molar-refractivity contribution in [2.24, 2.45) is 5.73 Å². The number of nitrogens with two attached hydrogens (primary N) is 1. The smallest absolute Gasteiger partial charge is 0.125 e. The molecule has 0 aliphatic carbocycles. The van der Waals surface area contributed by atoms with E-state index in [9.17, 15) is 0 Å². The fourth-order valence-corrected chi connectivity index (χ4v) is 2.56. The Balaban J connectivity index is 2.49. The highest BCUT2D eigenvalue weighted by molar-refractivity contribution is 9.10. The summed E-state index contributed by atoms with van der Waals surface area (Å²) < 4.78 is 6.42. The standard InChI is InChI=1S/C16H18BrNO/c1-10-5-4-6-13(11(10)2)16(18)14-8-7-12(17)9-15(14)19-3/h4-9,16H,18H2,1-3H3. The highest BCUT2D eigenvalue weighted by atomic mass is 79.9. The van der Waals surface area contributed by atoms with Crippen molar-refractivity contribution >= 4 is 15.9 Å². The van der Waals surface area contributed by atoms with Gasteiger partial charge in [0, 0.05) is 10.0 Å². The molecule has 1 unspecified atom stereocenters. The van der Waals surface area contributed by atoms with Crippen LogP contribution in [0.25, 0.3) is 0 Å². The predicted molar refractivity (Wildman–Crippen MR) is 82.6 cm³/mol. The minimum atomic E-state index is -0.178. The van der Waals surface area contributed by atoms with Gasteiger partial charge in [-0.1, -0.05) is 40.2 Å². The van der Waals surface area contributed by atoms with Gasteiger partial charge in [0.2, 0.25) is 0 Å². The third kappa shape index (κ3) is 2.82. The summed E-state index contributed by atoms with van der Waals surface area (Å²) >= 11 is 3.45. The lowest BCUT2D eigenvalue weighted by molar-refractivity contribution is 0.407. The molecular weight excluding hydrogens is 302 g/mol. The summed E-state index contributed by atoms with van der Waals surface area (Å²) in [7, 11) is 1.67. The first kappa shape index (κ1) is 14.1. The molecule has 2 N–H and O–H groups in total. The second-order valence-electron chi connectivity index (χ2n) is 4.65. The van der Waals surface area contributed by atoms with Crippen LogP contribution in [0.2, 0.25) is 0 Å². The molecule has 0 spiro atoms. The Morgan fingerprint density at radius 1 is 1.11 bits per heavy atom. The van der Waals surface area contributed by atoms with E-state index in [1.165, 1.54) is 11.1 Å². The van der Waals surface area contributed by atoms with Gasteiger partial charge in [-0.25, -0.2) is 0 Å². The second kappa shape index (κ2) is 5.76. The second-order valence-corrected chi connectivity index (χ2v) is 5.57. The summed E-state index contributed by atoms with van der Waals surface area (Å²) in [6, 6.07) is 12.0. The van der Waals surface area contributed by atoms with Gasteiger partial charge in [0.05, 0.1) is 13.2 Å². The molecule has 2 aromatic carbocycles. The van der Waals surface area contributed by atoms with Crippen LogP contribution in [0.5, 0.6) is 5.75 Å². The molecule has 0 fully saturated rings. The third-order valence-electron chi connectivity index (χ3n) is 3.51. The lowest BCUT2D eigenvalue weighted by Crippen LogP contribution is -2.14. The SMILES string of the molecule is COc1cc(Br)ccc1C(N)c1cccc(C)c1C. The van der Waals surface area contributed by atoms with Gasteiger partial charge in [-0.2, -0.15) is 0 Å². The third-order valence-corrected chi connectivity index (χ3v) is 4.01. The van der Waals surface area contributed by atoms with Gasteiger partial charge in [-0.05, 0) is 42.7 Å². The van der Waals surface area contributed by atoms with Crippen molar-refractivity contribution in [3.05, 3.63) is 63.1 Å². The van der Waals surface area contributed by atoms with Crippen molar-refractivity contribution in [2.75, 3.05) is 7.11 Å². The highest BCUT2D eigenvalue weighted by Gasteiger charge is 2.16. The predicted octanol–water partition coefficient (Wildman–Crippen LogP) is 4.12. The Bertz CT molecular complexity index is 595. The number of hydrogen-bond donors (Lipinski definition) is 1. The Hall–Kier alpha value is -1.32. The topological polar surface area (TPSA) is 35.2 Å². The van der Waals surface area contributed by atoms with Crippen molar-refractivity contribution in [1.82, 2.24) is 0 Å². The fraction of sp³-hybridized carbons (Fsp3) is 0.250. The number of aryl methyl sites for hydroxylation is 1. The molecule has 19 heavy (non-hydrogen) atoms. The van der Waals surface area contributed by atoms with Gasteiger partial charge in [-0.15, -0.1) is 0 Å². The van der Waals surface area contributed by atoms with Gasteiger partial charge >= 0.3 is 0 Å². The van der Waals surface area contributed by atoms with E-state index >= 15 is 0 Å². The van der Waals surface area contributed by atoms with Crippen LogP contribution in [0.1, 0.15) is 28.3 Å². The van der Waals surface area contributed by atoms with Crippen LogP contribution in [-0.2, 0) is 0 Å². The molecule has 0 bridgehead atoms. The number of methoxy groups -OCH3 is 1. The molecule has 2 rings (SSSR count). The number of benzene rings is 2. The molecule has 0 saturated heterocycles. The zero-order valence-corrected chi connectivity index (χ0v) is 13.0. The van der Waals surface area contributed by atoms with Gasteiger partial charge in [0.15, 0.2) is 0 Å². The summed E-state index contributed by atoms with van der Waals surface area (Å²) in [5.41, 5.74) is 11.0. The minimum absolute atomic E-state index is 0.178. The first-order valence-corrected chi connectivity index (χ1v) is 6.99. The first-order chi connectivity index (χ1) is 9.04. The normalized spacial score (nSPS) is 12.3. The van der Waals surface area contributed by atoms with Gasteiger partial charge in [-0.3, -0.25) is 0 Å². The summed E-state index contributed by atoms with van der Waals surface area (Å²) in [6.07, 6.45) is 0. The average molecular weight is 320 g/mol. The van der Waals surface area contributed by atoms with Crippen LogP contribution in [-0.4, -0.2) is 7.11 Å². The molecule has 2 nitrogen and oxygen atoms in total. The van der Waals surface area contributed by atoms with Crippen molar-refractivity contribution in [1.29, 1.82) is 0 Å². The van der Waals surface area contributed by atoms with E-state index in [-0.39, 0.29) is 6.04 Å². The molecule has 3 heteroatoms. The van der Waals surface area contributed by atoms with E-state index in [0.717, 1.165) is 21.3 Å². The molecule has 1 atom stereocenters. The van der Waals surface area contributed by atoms with Gasteiger partial charge in [0.25, 0.3) is 0 Å². The molecule has 0 radical (unpaired) electrons. The number of hydrogen-bond acceptors (Lipinski definition) is 2. The van der Waals surface area contributed by atoms with Gasteiger partial charge in [0.1, 0.15) is 5.75 Å². The van der Waals surface area contributed by atoms with Crippen LogP contribution < -0.4 is 10.5 Å². The van der Waals surface area contributed by atoms with Crippen LogP contribution >= 0.6 is 15.9 Å². The minimum Gasteiger partial charge on any atom is -0.496 e. The summed E-state index contributed by atoms with van der Waals surface area (Å²) in [5, 5.41) is 0. The molecule has 100 valence electrons. The molecule has 2 aromatic rings. The Morgan fingerprint density at radius 2 is 1.84 bits per heavy atom. The molecule has 0 aliphatic heterocycles. The van der Waals surface area contributed by atoms with E-state index in [4.69, 9.17) is 10.5 Å². The van der Waals surface area contributed by atoms with Crippen molar-refractivity contribution in [2.45, 2.75) is 19.9 Å². The highest BCUT2D eigenvalue weighted by Crippen LogP contribution is 2.32. The Labute approximate surface area is 122 Å². The Kier molecular flexibility index (Phi) is 4.27. The number of ether oxygens (including phenoxy) is 1. The molecule has 0 heterocycles. The Morgan fingerprint density at radius 3 is 2.53 bits per heavy atom. The van der Waals surface area contributed by atoms with Crippen LogP contribution in [0.4, 0.5) is 0 Å². The summed E-state index contributed by atoms with van der Waals surface area (Å²) in [5.74, 6) is 0.808. The number of rotatable bonds is 3. The summed E-state index contributed by atoms with van der Waals surface area (Å²) in [4.78, 5) is 0. The lowest BCUT2D eigenvalue weighted by Gasteiger charge is -2.19. The monoisotopic (exact) mass is 319 g/mol. The lowest BCUT2D eigenvalue weighted by atomic mass is 9.93. The first-order valence-electron chi connectivity index (χ1n) is 6.19. The maximum Gasteiger partial charge on any atom is 0.125 e. The van der Waals surface area contributed by atoms with E-state index in [1.807, 2.05) is 24.3 Å². The van der Waals surface area contributed by atoms with E-state index < -0.39 is 0 Å². The molecule has 0 saturated carbocycles. The molecule has 0 aliphatic rings. The van der Waals surface area contributed by atoms with Crippen LogP contribution in [0.15, 0.2) is 40.9 Å². The van der Waals surface area contributed by atoms with Crippen LogP contribution in [0, 0.1) is 13.8 Å². The number of halogens is 1.